The molecule has 0 saturated carbocycles. The molecule has 0 bridgehead atoms. The highest BCUT2D eigenvalue weighted by Crippen LogP contribution is 2.25. The van der Waals surface area contributed by atoms with Crippen LogP contribution >= 0.6 is 43.5 Å². The van der Waals surface area contributed by atoms with E-state index in [1.807, 2.05) is 0 Å². The van der Waals surface area contributed by atoms with Crippen molar-refractivity contribution in [1.82, 2.24) is 4.72 Å². The van der Waals surface area contributed by atoms with Crippen molar-refractivity contribution in [3.8, 4) is 0 Å². The van der Waals surface area contributed by atoms with Crippen molar-refractivity contribution in [3.05, 3.63) is 27.1 Å². The largest absolute Gasteiger partial charge is 0.241 e. The summed E-state index contributed by atoms with van der Waals surface area (Å²) in [4.78, 5) is 0.196. The van der Waals surface area contributed by atoms with Crippen LogP contribution in [0.3, 0.4) is 0 Å². The van der Waals surface area contributed by atoms with Crippen LogP contribution in [-0.4, -0.2) is 20.8 Å². The van der Waals surface area contributed by atoms with E-state index in [1.165, 1.54) is 6.07 Å². The van der Waals surface area contributed by atoms with E-state index in [1.54, 1.807) is 12.1 Å². The molecule has 1 rings (SSSR count). The second kappa shape index (κ2) is 5.63. The molecule has 0 aliphatic carbocycles. The van der Waals surface area contributed by atoms with Crippen LogP contribution in [0.1, 0.15) is 0 Å². The number of nitrogens with one attached hydrogen (secondary N) is 1. The Hall–Kier alpha value is 0.380. The van der Waals surface area contributed by atoms with Crippen LogP contribution in [0.15, 0.2) is 32.0 Å². The summed E-state index contributed by atoms with van der Waals surface area (Å²) in [6.07, 6.45) is 0. The van der Waals surface area contributed by atoms with Crippen LogP contribution in [0.2, 0.25) is 0 Å². The summed E-state index contributed by atoms with van der Waals surface area (Å²) in [5.74, 6) is 0.241. The van der Waals surface area contributed by atoms with Crippen molar-refractivity contribution in [2.75, 3.05) is 12.4 Å². The third kappa shape index (κ3) is 3.71. The van der Waals surface area contributed by atoms with E-state index in [4.69, 9.17) is 11.6 Å². The molecule has 0 saturated heterocycles. The fourth-order valence-corrected chi connectivity index (χ4v) is 3.67. The molecule has 1 N–H and O–H groups in total. The second-order valence-electron chi connectivity index (χ2n) is 2.66. The zero-order valence-corrected chi connectivity index (χ0v) is 12.2. The van der Waals surface area contributed by atoms with Gasteiger partial charge in [0.05, 0.1) is 4.90 Å². The Morgan fingerprint density at radius 2 is 2.00 bits per heavy atom. The first-order valence-electron chi connectivity index (χ1n) is 3.98. The highest BCUT2D eigenvalue weighted by molar-refractivity contribution is 9.11. The maximum absolute atomic E-state index is 11.7. The van der Waals surface area contributed by atoms with Gasteiger partial charge in [-0.2, -0.15) is 0 Å². The van der Waals surface area contributed by atoms with E-state index in [2.05, 4.69) is 36.6 Å². The minimum Gasteiger partial charge on any atom is -0.210 e. The fourth-order valence-electron chi connectivity index (χ4n) is 0.934. The van der Waals surface area contributed by atoms with Gasteiger partial charge in [-0.1, -0.05) is 15.9 Å². The standard InChI is InChI=1S/C8H8Br2ClNO2S/c9-6-1-2-7(10)8(5-6)15(13,14)12-4-3-11/h1-2,5,12H,3-4H2. The van der Waals surface area contributed by atoms with Crippen LogP contribution < -0.4 is 4.72 Å². The number of alkyl halides is 1. The SMILES string of the molecule is O=S(=O)(NCCCl)c1cc(Br)ccc1Br. The van der Waals surface area contributed by atoms with Gasteiger partial charge in [-0.05, 0) is 34.1 Å². The van der Waals surface area contributed by atoms with Crippen LogP contribution in [0.5, 0.6) is 0 Å². The van der Waals surface area contributed by atoms with Crippen molar-refractivity contribution >= 4 is 53.5 Å². The van der Waals surface area contributed by atoms with Crippen LogP contribution in [0, 0.1) is 0 Å². The van der Waals surface area contributed by atoms with Gasteiger partial charge in [0.2, 0.25) is 10.0 Å². The summed E-state index contributed by atoms with van der Waals surface area (Å²) < 4.78 is 27.1. The van der Waals surface area contributed by atoms with E-state index >= 15 is 0 Å². The Bertz CT molecular complexity index is 450. The van der Waals surface area contributed by atoms with Crippen molar-refractivity contribution in [3.63, 3.8) is 0 Å². The lowest BCUT2D eigenvalue weighted by Gasteiger charge is -2.07. The van der Waals surface area contributed by atoms with Crippen molar-refractivity contribution in [2.45, 2.75) is 4.90 Å². The monoisotopic (exact) mass is 375 g/mol. The maximum Gasteiger partial charge on any atom is 0.241 e. The molecular formula is C8H8Br2ClNO2S. The first kappa shape index (κ1) is 13.4. The Balaban J connectivity index is 3.09. The molecule has 84 valence electrons. The molecule has 3 nitrogen and oxygen atoms in total. The zero-order valence-electron chi connectivity index (χ0n) is 7.50. The van der Waals surface area contributed by atoms with Crippen molar-refractivity contribution < 1.29 is 8.42 Å². The summed E-state index contributed by atoms with van der Waals surface area (Å²) in [6, 6.07) is 4.95. The molecule has 0 radical (unpaired) electrons. The predicted octanol–water partition coefficient (Wildman–Crippen LogP) is 2.73. The third-order valence-corrected chi connectivity index (χ3v) is 4.71. The van der Waals surface area contributed by atoms with Gasteiger partial charge in [0, 0.05) is 21.4 Å². The number of halogens is 3. The average Bonchev–Trinajstić information content (AvgIpc) is 2.18. The molecule has 0 aliphatic rings. The van der Waals surface area contributed by atoms with Gasteiger partial charge in [0.15, 0.2) is 0 Å². The minimum absolute atomic E-state index is 0.196. The molecule has 1 aromatic rings. The molecular weight excluding hydrogens is 369 g/mol. The number of hydrogen-bond acceptors (Lipinski definition) is 2. The third-order valence-electron chi connectivity index (χ3n) is 1.57. The van der Waals surface area contributed by atoms with Crippen LogP contribution in [-0.2, 0) is 10.0 Å². The molecule has 0 spiro atoms. The maximum atomic E-state index is 11.7. The Morgan fingerprint density at radius 1 is 1.33 bits per heavy atom. The Kier molecular flexibility index (Phi) is 5.05. The zero-order chi connectivity index (χ0) is 11.5. The van der Waals surface area contributed by atoms with E-state index < -0.39 is 10.0 Å². The lowest BCUT2D eigenvalue weighted by atomic mass is 10.4. The summed E-state index contributed by atoms with van der Waals surface area (Å²) >= 11 is 11.8. The van der Waals surface area contributed by atoms with E-state index in [0.717, 1.165) is 0 Å². The number of sulfonamides is 1. The molecule has 15 heavy (non-hydrogen) atoms. The topological polar surface area (TPSA) is 46.2 Å². The molecule has 0 unspecified atom stereocenters. The molecule has 1 aromatic carbocycles. The average molecular weight is 377 g/mol. The van der Waals surface area contributed by atoms with Gasteiger partial charge in [0.1, 0.15) is 0 Å². The highest BCUT2D eigenvalue weighted by atomic mass is 79.9. The quantitative estimate of drug-likeness (QED) is 0.820. The summed E-state index contributed by atoms with van der Waals surface area (Å²) in [6.45, 7) is 0.211. The van der Waals surface area contributed by atoms with Crippen molar-refractivity contribution in [2.24, 2.45) is 0 Å². The van der Waals surface area contributed by atoms with E-state index in [9.17, 15) is 8.42 Å². The molecule has 0 aliphatic heterocycles. The van der Waals surface area contributed by atoms with Gasteiger partial charge in [0.25, 0.3) is 0 Å². The molecule has 0 fully saturated rings. The number of rotatable bonds is 4. The molecule has 0 aromatic heterocycles. The summed E-state index contributed by atoms with van der Waals surface area (Å²) in [5.41, 5.74) is 0. The second-order valence-corrected chi connectivity index (χ2v) is 6.54. The minimum atomic E-state index is -3.49. The van der Waals surface area contributed by atoms with Crippen LogP contribution in [0.25, 0.3) is 0 Å². The lowest BCUT2D eigenvalue weighted by Crippen LogP contribution is -2.25. The number of hydrogen-bond donors (Lipinski definition) is 1. The van der Waals surface area contributed by atoms with Crippen LogP contribution in [0.4, 0.5) is 0 Å². The smallest absolute Gasteiger partial charge is 0.210 e. The molecule has 7 heteroatoms. The van der Waals surface area contributed by atoms with Gasteiger partial charge in [-0.25, -0.2) is 13.1 Å². The lowest BCUT2D eigenvalue weighted by molar-refractivity contribution is 0.583. The first-order valence-corrected chi connectivity index (χ1v) is 7.58. The Morgan fingerprint density at radius 3 is 2.60 bits per heavy atom. The summed E-state index contributed by atoms with van der Waals surface area (Å²) in [5, 5.41) is 0. The Labute approximate surface area is 111 Å². The normalized spacial score (nSPS) is 11.7. The summed E-state index contributed by atoms with van der Waals surface area (Å²) in [7, 11) is -3.49. The van der Waals surface area contributed by atoms with Gasteiger partial charge >= 0.3 is 0 Å². The predicted molar refractivity (Wildman–Crippen MR) is 67.8 cm³/mol. The van der Waals surface area contributed by atoms with Gasteiger partial charge < -0.3 is 0 Å². The van der Waals surface area contributed by atoms with Crippen molar-refractivity contribution in [1.29, 1.82) is 0 Å². The number of benzene rings is 1. The first-order chi connectivity index (χ1) is 6.97. The molecule has 0 heterocycles. The van der Waals surface area contributed by atoms with Gasteiger partial charge in [-0.15, -0.1) is 11.6 Å². The molecule has 0 atom stereocenters. The van der Waals surface area contributed by atoms with E-state index in [-0.39, 0.29) is 17.3 Å². The fraction of sp³-hybridized carbons (Fsp3) is 0.250. The van der Waals surface area contributed by atoms with E-state index in [0.29, 0.717) is 8.95 Å². The van der Waals surface area contributed by atoms with Gasteiger partial charge in [-0.3, -0.25) is 0 Å². The highest BCUT2D eigenvalue weighted by Gasteiger charge is 2.16. The molecule has 0 amide bonds.